The van der Waals surface area contributed by atoms with Crippen molar-refractivity contribution in [2.75, 3.05) is 13.1 Å². The highest BCUT2D eigenvalue weighted by molar-refractivity contribution is 6.00. The average Bonchev–Trinajstić information content (AvgIpc) is 3.33. The Labute approximate surface area is 187 Å². The van der Waals surface area contributed by atoms with Gasteiger partial charge in [-0.25, -0.2) is 5.48 Å². The van der Waals surface area contributed by atoms with E-state index in [9.17, 15) is 9.59 Å². The van der Waals surface area contributed by atoms with Crippen LogP contribution in [-0.2, 0) is 6.54 Å². The maximum absolute atomic E-state index is 13.5. The van der Waals surface area contributed by atoms with E-state index in [1.54, 1.807) is 23.9 Å². The molecule has 1 aromatic heterocycles. The number of furan rings is 1. The Morgan fingerprint density at radius 3 is 2.31 bits per heavy atom. The normalized spacial score (nSPS) is 19.0. The topological polar surface area (TPSA) is 86.0 Å². The van der Waals surface area contributed by atoms with Gasteiger partial charge in [0.05, 0.1) is 11.8 Å². The van der Waals surface area contributed by atoms with Gasteiger partial charge in [0.25, 0.3) is 11.8 Å². The number of carbonyl (C=O) groups is 2. The number of nitrogens with one attached hydrogen (secondary N) is 1. The standard InChI is InChI=1S/C25H27N3O4/c1-17-14-27(16-19-9-11-20(12-10-19)24(29)26-31)15-18(2)28(17)25(30)22-7-4-3-6-21(22)23-8-5-13-32-23/h3-13,17-18,31H,14-16H2,1-2H3,(H,26,29). The molecule has 2 heterocycles. The van der Waals surface area contributed by atoms with Crippen molar-refractivity contribution in [2.24, 2.45) is 0 Å². The lowest BCUT2D eigenvalue weighted by molar-refractivity contribution is 0.0269. The third-order valence-corrected chi connectivity index (χ3v) is 5.90. The van der Waals surface area contributed by atoms with Crippen molar-refractivity contribution >= 4 is 11.8 Å². The molecule has 0 spiro atoms. The minimum Gasteiger partial charge on any atom is -0.464 e. The van der Waals surface area contributed by atoms with Gasteiger partial charge in [0.2, 0.25) is 0 Å². The molecule has 3 aromatic rings. The molecule has 7 nitrogen and oxygen atoms in total. The predicted molar refractivity (Wildman–Crippen MR) is 120 cm³/mol. The highest BCUT2D eigenvalue weighted by Gasteiger charge is 2.34. The molecule has 0 radical (unpaired) electrons. The minimum atomic E-state index is -0.527. The number of hydrogen-bond donors (Lipinski definition) is 2. The van der Waals surface area contributed by atoms with Crippen LogP contribution in [0.5, 0.6) is 0 Å². The molecule has 2 aromatic carbocycles. The lowest BCUT2D eigenvalue weighted by Crippen LogP contribution is -2.58. The smallest absolute Gasteiger partial charge is 0.274 e. The van der Waals surface area contributed by atoms with Gasteiger partial charge in [-0.05, 0) is 49.7 Å². The first-order valence-corrected chi connectivity index (χ1v) is 10.7. The Balaban J connectivity index is 1.47. The van der Waals surface area contributed by atoms with Crippen LogP contribution in [0, 0.1) is 0 Å². The van der Waals surface area contributed by atoms with Gasteiger partial charge in [0, 0.05) is 42.8 Å². The highest BCUT2D eigenvalue weighted by Crippen LogP contribution is 2.28. The van der Waals surface area contributed by atoms with E-state index in [0.717, 1.165) is 30.8 Å². The fraction of sp³-hybridized carbons (Fsp3) is 0.280. The molecule has 7 heteroatoms. The monoisotopic (exact) mass is 433 g/mol. The first-order chi connectivity index (χ1) is 15.5. The summed E-state index contributed by atoms with van der Waals surface area (Å²) in [6.07, 6.45) is 1.61. The molecule has 32 heavy (non-hydrogen) atoms. The highest BCUT2D eigenvalue weighted by atomic mass is 16.5. The van der Waals surface area contributed by atoms with Gasteiger partial charge in [-0.15, -0.1) is 0 Å². The zero-order valence-corrected chi connectivity index (χ0v) is 18.2. The minimum absolute atomic E-state index is 0.0102. The van der Waals surface area contributed by atoms with Crippen LogP contribution in [0.25, 0.3) is 11.3 Å². The molecule has 2 amide bonds. The Kier molecular flexibility index (Phi) is 6.39. The van der Waals surface area contributed by atoms with Crippen LogP contribution in [0.4, 0.5) is 0 Å². The second-order valence-electron chi connectivity index (χ2n) is 8.27. The number of amides is 2. The SMILES string of the molecule is CC1CN(Cc2ccc(C(=O)NO)cc2)CC(C)N1C(=O)c1ccccc1-c1ccco1. The first-order valence-electron chi connectivity index (χ1n) is 10.7. The number of rotatable bonds is 5. The molecule has 1 aliphatic heterocycles. The molecule has 2 unspecified atom stereocenters. The summed E-state index contributed by atoms with van der Waals surface area (Å²) in [4.78, 5) is 29.3. The molecule has 4 rings (SSSR count). The first kappa shape index (κ1) is 21.8. The summed E-state index contributed by atoms with van der Waals surface area (Å²) in [5.41, 5.74) is 4.57. The van der Waals surface area contributed by atoms with Crippen molar-refractivity contribution in [2.45, 2.75) is 32.5 Å². The van der Waals surface area contributed by atoms with Gasteiger partial charge in [-0.1, -0.05) is 30.3 Å². The van der Waals surface area contributed by atoms with Crippen LogP contribution in [0.3, 0.4) is 0 Å². The van der Waals surface area contributed by atoms with Crippen LogP contribution in [0.1, 0.15) is 40.1 Å². The third kappa shape index (κ3) is 4.44. The van der Waals surface area contributed by atoms with Crippen molar-refractivity contribution < 1.29 is 19.2 Å². The van der Waals surface area contributed by atoms with Crippen molar-refractivity contribution in [1.29, 1.82) is 0 Å². The molecule has 166 valence electrons. The fourth-order valence-corrected chi connectivity index (χ4v) is 4.50. The van der Waals surface area contributed by atoms with Gasteiger partial charge >= 0.3 is 0 Å². The number of piperazine rings is 1. The predicted octanol–water partition coefficient (Wildman–Crippen LogP) is 3.80. The Bertz CT molecular complexity index is 1070. The molecular weight excluding hydrogens is 406 g/mol. The molecule has 0 bridgehead atoms. The zero-order valence-electron chi connectivity index (χ0n) is 18.2. The van der Waals surface area contributed by atoms with E-state index in [1.807, 2.05) is 53.4 Å². The van der Waals surface area contributed by atoms with Crippen LogP contribution < -0.4 is 5.48 Å². The van der Waals surface area contributed by atoms with Gasteiger partial charge in [0.1, 0.15) is 5.76 Å². The van der Waals surface area contributed by atoms with E-state index < -0.39 is 5.91 Å². The molecular formula is C25H27N3O4. The average molecular weight is 434 g/mol. The van der Waals surface area contributed by atoms with Gasteiger partial charge < -0.3 is 9.32 Å². The summed E-state index contributed by atoms with van der Waals surface area (Å²) in [5.74, 6) is 0.169. The van der Waals surface area contributed by atoms with Crippen LogP contribution in [0.15, 0.2) is 71.3 Å². The summed E-state index contributed by atoms with van der Waals surface area (Å²) < 4.78 is 5.55. The summed E-state index contributed by atoms with van der Waals surface area (Å²) in [6.45, 7) is 6.37. The van der Waals surface area contributed by atoms with E-state index in [2.05, 4.69) is 18.7 Å². The summed E-state index contributed by atoms with van der Waals surface area (Å²) in [7, 11) is 0. The fourth-order valence-electron chi connectivity index (χ4n) is 4.50. The van der Waals surface area contributed by atoms with Crippen LogP contribution in [-0.4, -0.2) is 52.0 Å². The molecule has 1 saturated heterocycles. The largest absolute Gasteiger partial charge is 0.464 e. The second-order valence-corrected chi connectivity index (χ2v) is 8.27. The zero-order chi connectivity index (χ0) is 22.7. The molecule has 0 aliphatic carbocycles. The number of hydroxylamine groups is 1. The van der Waals surface area contributed by atoms with Crippen molar-refractivity contribution in [3.8, 4) is 11.3 Å². The van der Waals surface area contributed by atoms with Gasteiger partial charge in [0.15, 0.2) is 0 Å². The van der Waals surface area contributed by atoms with Crippen molar-refractivity contribution in [1.82, 2.24) is 15.3 Å². The summed E-state index contributed by atoms with van der Waals surface area (Å²) in [5, 5.41) is 8.75. The van der Waals surface area contributed by atoms with Gasteiger partial charge in [-0.3, -0.25) is 19.7 Å². The van der Waals surface area contributed by atoms with E-state index in [1.165, 1.54) is 0 Å². The Morgan fingerprint density at radius 1 is 1.00 bits per heavy atom. The van der Waals surface area contributed by atoms with Gasteiger partial charge in [-0.2, -0.15) is 0 Å². The maximum atomic E-state index is 13.5. The maximum Gasteiger partial charge on any atom is 0.274 e. The molecule has 0 saturated carbocycles. The number of hydrogen-bond acceptors (Lipinski definition) is 5. The number of benzene rings is 2. The number of nitrogens with zero attached hydrogens (tertiary/aromatic N) is 2. The summed E-state index contributed by atoms with van der Waals surface area (Å²) in [6, 6.07) is 18.5. The lowest BCUT2D eigenvalue weighted by Gasteiger charge is -2.44. The van der Waals surface area contributed by atoms with E-state index >= 15 is 0 Å². The second kappa shape index (κ2) is 9.38. The molecule has 2 N–H and O–H groups in total. The number of carbonyl (C=O) groups excluding carboxylic acids is 2. The van der Waals surface area contributed by atoms with E-state index in [0.29, 0.717) is 16.9 Å². The molecule has 2 atom stereocenters. The Hall–Kier alpha value is -3.42. The van der Waals surface area contributed by atoms with E-state index in [4.69, 9.17) is 9.62 Å². The molecule has 1 aliphatic rings. The van der Waals surface area contributed by atoms with Crippen molar-refractivity contribution in [3.63, 3.8) is 0 Å². The Morgan fingerprint density at radius 2 is 1.69 bits per heavy atom. The van der Waals surface area contributed by atoms with Crippen molar-refractivity contribution in [3.05, 3.63) is 83.6 Å². The lowest BCUT2D eigenvalue weighted by atomic mass is 10.00. The van der Waals surface area contributed by atoms with Crippen LogP contribution >= 0.6 is 0 Å². The van der Waals surface area contributed by atoms with E-state index in [-0.39, 0.29) is 18.0 Å². The molecule has 1 fully saturated rings. The van der Waals surface area contributed by atoms with Crippen LogP contribution in [0.2, 0.25) is 0 Å². The third-order valence-electron chi connectivity index (χ3n) is 5.90. The summed E-state index contributed by atoms with van der Waals surface area (Å²) >= 11 is 0. The quantitative estimate of drug-likeness (QED) is 0.472.